The quantitative estimate of drug-likeness (QED) is 0.852. The van der Waals surface area contributed by atoms with Crippen LogP contribution in [0, 0.1) is 0 Å². The lowest BCUT2D eigenvalue weighted by molar-refractivity contribution is -0.116. The van der Waals surface area contributed by atoms with Gasteiger partial charge < -0.3 is 4.74 Å². The van der Waals surface area contributed by atoms with Crippen LogP contribution in [0.15, 0.2) is 59.5 Å². The van der Waals surface area contributed by atoms with E-state index in [1.165, 1.54) is 26.2 Å². The lowest BCUT2D eigenvalue weighted by Crippen LogP contribution is -2.21. The maximum Gasteiger partial charge on any atom is 0.192 e. The maximum atomic E-state index is 12.8. The third-order valence-electron chi connectivity index (χ3n) is 3.17. The smallest absolute Gasteiger partial charge is 0.192 e. The number of Topliss-reactive ketones (excluding diaryl/α,β-unsaturated/α-hetero) is 1. The number of carbonyl (C=O) groups is 1. The average molecular weight is 304 g/mol. The number of benzene rings is 2. The van der Waals surface area contributed by atoms with Crippen LogP contribution in [0.2, 0.25) is 0 Å². The van der Waals surface area contributed by atoms with E-state index < -0.39 is 20.9 Å². The third-order valence-corrected chi connectivity index (χ3v) is 5.31. The lowest BCUT2D eigenvalue weighted by Gasteiger charge is -2.18. The highest BCUT2D eigenvalue weighted by Crippen LogP contribution is 2.34. The Balaban J connectivity index is 2.62. The molecular weight excluding hydrogens is 288 g/mol. The number of para-hydroxylation sites is 1. The van der Waals surface area contributed by atoms with Crippen molar-refractivity contribution in [3.05, 3.63) is 60.2 Å². The molecule has 5 heteroatoms. The number of ketones is 1. The Labute approximate surface area is 124 Å². The Bertz CT molecular complexity index is 736. The second-order valence-electron chi connectivity index (χ2n) is 4.59. The van der Waals surface area contributed by atoms with E-state index in [1.54, 1.807) is 42.5 Å². The molecule has 2 aromatic carbocycles. The van der Waals surface area contributed by atoms with E-state index in [4.69, 9.17) is 4.74 Å². The van der Waals surface area contributed by atoms with E-state index in [9.17, 15) is 13.2 Å². The van der Waals surface area contributed by atoms with Crippen LogP contribution in [-0.4, -0.2) is 21.3 Å². The van der Waals surface area contributed by atoms with Crippen molar-refractivity contribution in [2.45, 2.75) is 17.1 Å². The van der Waals surface area contributed by atoms with Gasteiger partial charge in [-0.15, -0.1) is 0 Å². The molecule has 0 aliphatic carbocycles. The molecule has 0 bridgehead atoms. The fraction of sp³-hybridized carbons (Fsp3) is 0.188. The topological polar surface area (TPSA) is 60.4 Å². The molecule has 0 aliphatic rings. The summed E-state index contributed by atoms with van der Waals surface area (Å²) in [5.74, 6) is -0.0550. The van der Waals surface area contributed by atoms with Gasteiger partial charge >= 0.3 is 0 Å². The highest BCUT2D eigenvalue weighted by molar-refractivity contribution is 7.92. The predicted octanol–water partition coefficient (Wildman–Crippen LogP) is 2.80. The van der Waals surface area contributed by atoms with Gasteiger partial charge in [0.1, 0.15) is 5.75 Å². The van der Waals surface area contributed by atoms with Gasteiger partial charge in [-0.05, 0) is 25.1 Å². The Morgan fingerprint density at radius 1 is 1.00 bits per heavy atom. The van der Waals surface area contributed by atoms with E-state index >= 15 is 0 Å². The zero-order valence-corrected chi connectivity index (χ0v) is 12.6. The fourth-order valence-corrected chi connectivity index (χ4v) is 4.01. The van der Waals surface area contributed by atoms with E-state index in [2.05, 4.69) is 0 Å². The largest absolute Gasteiger partial charge is 0.496 e. The van der Waals surface area contributed by atoms with Crippen molar-refractivity contribution in [1.82, 2.24) is 0 Å². The molecule has 0 heterocycles. The fourth-order valence-electron chi connectivity index (χ4n) is 2.23. The number of sulfone groups is 1. The molecule has 0 aromatic heterocycles. The summed E-state index contributed by atoms with van der Waals surface area (Å²) >= 11 is 0. The van der Waals surface area contributed by atoms with Crippen molar-refractivity contribution in [2.24, 2.45) is 0 Å². The molecule has 4 nitrogen and oxygen atoms in total. The van der Waals surface area contributed by atoms with Gasteiger partial charge in [-0.1, -0.05) is 36.4 Å². The second-order valence-corrected chi connectivity index (χ2v) is 6.62. The summed E-state index contributed by atoms with van der Waals surface area (Å²) in [4.78, 5) is 12.1. The minimum absolute atomic E-state index is 0.121. The van der Waals surface area contributed by atoms with Crippen molar-refractivity contribution >= 4 is 15.6 Å². The number of carbonyl (C=O) groups excluding carboxylic acids is 1. The Hall–Kier alpha value is -2.14. The molecular formula is C16H16O4S. The Morgan fingerprint density at radius 3 is 2.14 bits per heavy atom. The van der Waals surface area contributed by atoms with Gasteiger partial charge in [0.15, 0.2) is 20.9 Å². The standard InChI is InChI=1S/C16H16O4S/c1-12(17)16(14-10-6-7-11-15(14)20-2)21(18,19)13-8-4-3-5-9-13/h3-11,16H,1-2H3. The summed E-state index contributed by atoms with van der Waals surface area (Å²) in [7, 11) is -2.37. The SMILES string of the molecule is COc1ccccc1C(C(C)=O)S(=O)(=O)c1ccccc1. The zero-order chi connectivity index (χ0) is 15.5. The van der Waals surface area contributed by atoms with E-state index in [-0.39, 0.29) is 4.90 Å². The first-order valence-corrected chi connectivity index (χ1v) is 7.95. The molecule has 0 saturated heterocycles. The summed E-state index contributed by atoms with van der Waals surface area (Å²) < 4.78 is 30.7. The van der Waals surface area contributed by atoms with Crippen LogP contribution in [0.1, 0.15) is 17.7 Å². The maximum absolute atomic E-state index is 12.8. The molecule has 110 valence electrons. The van der Waals surface area contributed by atoms with Crippen LogP contribution < -0.4 is 4.74 Å². The van der Waals surface area contributed by atoms with Gasteiger partial charge in [-0.2, -0.15) is 0 Å². The monoisotopic (exact) mass is 304 g/mol. The number of ether oxygens (including phenoxy) is 1. The number of hydrogen-bond donors (Lipinski definition) is 0. The van der Waals surface area contributed by atoms with Crippen LogP contribution >= 0.6 is 0 Å². The van der Waals surface area contributed by atoms with Gasteiger partial charge in [-0.25, -0.2) is 8.42 Å². The van der Waals surface area contributed by atoms with Gasteiger partial charge in [-0.3, -0.25) is 4.79 Å². The number of hydrogen-bond acceptors (Lipinski definition) is 4. The van der Waals surface area contributed by atoms with Crippen LogP contribution in [0.5, 0.6) is 5.75 Å². The van der Waals surface area contributed by atoms with Gasteiger partial charge in [0.05, 0.1) is 12.0 Å². The summed E-state index contributed by atoms with van der Waals surface area (Å²) in [6.07, 6.45) is 0. The zero-order valence-electron chi connectivity index (χ0n) is 11.8. The average Bonchev–Trinajstić information content (AvgIpc) is 2.48. The van der Waals surface area contributed by atoms with Gasteiger partial charge in [0.25, 0.3) is 0 Å². The first kappa shape index (κ1) is 15.3. The molecule has 1 atom stereocenters. The van der Waals surface area contributed by atoms with Crippen molar-refractivity contribution in [3.8, 4) is 5.75 Å². The Kier molecular flexibility index (Phi) is 4.43. The van der Waals surface area contributed by atoms with Crippen LogP contribution in [-0.2, 0) is 14.6 Å². The van der Waals surface area contributed by atoms with Crippen molar-refractivity contribution in [3.63, 3.8) is 0 Å². The molecule has 0 fully saturated rings. The van der Waals surface area contributed by atoms with Gasteiger partial charge in [0, 0.05) is 5.56 Å². The van der Waals surface area contributed by atoms with Crippen molar-refractivity contribution < 1.29 is 17.9 Å². The molecule has 2 aromatic rings. The van der Waals surface area contributed by atoms with Gasteiger partial charge in [0.2, 0.25) is 0 Å². The first-order chi connectivity index (χ1) is 9.98. The summed E-state index contributed by atoms with van der Waals surface area (Å²) in [5.41, 5.74) is 0.358. The third kappa shape index (κ3) is 2.97. The normalized spacial score (nSPS) is 12.7. The number of methoxy groups -OCH3 is 1. The van der Waals surface area contributed by atoms with E-state index in [0.717, 1.165) is 0 Å². The minimum Gasteiger partial charge on any atom is -0.496 e. The van der Waals surface area contributed by atoms with E-state index in [1.807, 2.05) is 0 Å². The predicted molar refractivity (Wildman–Crippen MR) is 80.0 cm³/mol. The molecule has 0 amide bonds. The molecule has 0 N–H and O–H groups in total. The lowest BCUT2D eigenvalue weighted by atomic mass is 10.1. The van der Waals surface area contributed by atoms with Crippen LogP contribution in [0.3, 0.4) is 0 Å². The van der Waals surface area contributed by atoms with Crippen LogP contribution in [0.4, 0.5) is 0 Å². The highest BCUT2D eigenvalue weighted by Gasteiger charge is 2.34. The molecule has 1 unspecified atom stereocenters. The van der Waals surface area contributed by atoms with Crippen LogP contribution in [0.25, 0.3) is 0 Å². The van der Waals surface area contributed by atoms with Crippen molar-refractivity contribution in [2.75, 3.05) is 7.11 Å². The molecule has 0 aliphatic heterocycles. The van der Waals surface area contributed by atoms with Crippen molar-refractivity contribution in [1.29, 1.82) is 0 Å². The first-order valence-electron chi connectivity index (χ1n) is 6.41. The summed E-state index contributed by atoms with van der Waals surface area (Å²) in [6, 6.07) is 14.6. The Morgan fingerprint density at radius 2 is 1.57 bits per heavy atom. The molecule has 0 saturated carbocycles. The summed E-state index contributed by atoms with van der Waals surface area (Å²) in [5, 5.41) is -1.27. The highest BCUT2D eigenvalue weighted by atomic mass is 32.2. The molecule has 0 spiro atoms. The molecule has 21 heavy (non-hydrogen) atoms. The second kappa shape index (κ2) is 6.10. The number of rotatable bonds is 5. The minimum atomic E-state index is -3.82. The molecule has 0 radical (unpaired) electrons. The molecule has 2 rings (SSSR count). The summed E-state index contributed by atoms with van der Waals surface area (Å²) in [6.45, 7) is 1.28. The van der Waals surface area contributed by atoms with E-state index in [0.29, 0.717) is 11.3 Å².